The second-order valence-electron chi connectivity index (χ2n) is 8.87. The van der Waals surface area contributed by atoms with Crippen molar-refractivity contribution < 1.29 is 18.7 Å². The van der Waals surface area contributed by atoms with Crippen LogP contribution >= 0.6 is 0 Å². The van der Waals surface area contributed by atoms with E-state index in [4.69, 9.17) is 13.9 Å². The van der Waals surface area contributed by atoms with Gasteiger partial charge in [-0.3, -0.25) is 9.59 Å². The van der Waals surface area contributed by atoms with E-state index in [0.717, 1.165) is 24.8 Å². The second-order valence-corrected chi connectivity index (χ2v) is 8.87. The van der Waals surface area contributed by atoms with Crippen molar-refractivity contribution in [3.8, 4) is 11.5 Å². The van der Waals surface area contributed by atoms with Crippen molar-refractivity contribution in [2.24, 2.45) is 5.92 Å². The lowest BCUT2D eigenvalue weighted by Gasteiger charge is -2.25. The summed E-state index contributed by atoms with van der Waals surface area (Å²) >= 11 is 0. The number of para-hydroxylation sites is 1. The zero-order valence-corrected chi connectivity index (χ0v) is 19.7. The number of methoxy groups -OCH3 is 1. The van der Waals surface area contributed by atoms with Crippen molar-refractivity contribution in [3.05, 3.63) is 69.6 Å². The van der Waals surface area contributed by atoms with Crippen molar-refractivity contribution in [1.29, 1.82) is 0 Å². The molecule has 1 aliphatic heterocycles. The first-order valence-electron chi connectivity index (χ1n) is 11.6. The summed E-state index contributed by atoms with van der Waals surface area (Å²) < 4.78 is 17.5. The van der Waals surface area contributed by atoms with Gasteiger partial charge in [-0.05, 0) is 48.6 Å². The van der Waals surface area contributed by atoms with Gasteiger partial charge < -0.3 is 18.8 Å². The smallest absolute Gasteiger partial charge is 0.290 e. The Morgan fingerprint density at radius 1 is 1.09 bits per heavy atom. The summed E-state index contributed by atoms with van der Waals surface area (Å²) in [6, 6.07) is 12.2. The maximum atomic E-state index is 13.5. The van der Waals surface area contributed by atoms with Gasteiger partial charge in [0.25, 0.3) is 5.91 Å². The van der Waals surface area contributed by atoms with Gasteiger partial charge in [0.15, 0.2) is 16.9 Å². The molecule has 2 aromatic carbocycles. The molecule has 33 heavy (non-hydrogen) atoms. The number of ether oxygens (including phenoxy) is 2. The summed E-state index contributed by atoms with van der Waals surface area (Å²) in [5, 5.41) is 0.479. The van der Waals surface area contributed by atoms with Crippen LogP contribution in [0.25, 0.3) is 11.0 Å². The van der Waals surface area contributed by atoms with Crippen LogP contribution in [0, 0.1) is 5.92 Å². The molecular formula is C27H31NO5. The normalized spacial score (nSPS) is 15.4. The summed E-state index contributed by atoms with van der Waals surface area (Å²) in [5.41, 5.74) is 1.46. The first-order valence-corrected chi connectivity index (χ1v) is 11.6. The van der Waals surface area contributed by atoms with E-state index in [1.54, 1.807) is 36.3 Å². The monoisotopic (exact) mass is 449 g/mol. The minimum absolute atomic E-state index is 0.135. The second kappa shape index (κ2) is 9.69. The van der Waals surface area contributed by atoms with Crippen LogP contribution in [0.3, 0.4) is 0 Å². The topological polar surface area (TPSA) is 69.0 Å². The van der Waals surface area contributed by atoms with Crippen LogP contribution in [-0.2, 0) is 0 Å². The predicted molar refractivity (Wildman–Crippen MR) is 128 cm³/mol. The van der Waals surface area contributed by atoms with Crippen molar-refractivity contribution in [2.45, 2.75) is 46.1 Å². The molecule has 0 aliphatic carbocycles. The highest BCUT2D eigenvalue weighted by molar-refractivity contribution is 5.99. The summed E-state index contributed by atoms with van der Waals surface area (Å²) in [4.78, 5) is 28.6. The molecule has 4 rings (SSSR count). The van der Waals surface area contributed by atoms with Crippen molar-refractivity contribution in [3.63, 3.8) is 0 Å². The average Bonchev–Trinajstić information content (AvgIpc) is 3.09. The average molecular weight is 450 g/mol. The molecular weight excluding hydrogens is 418 g/mol. The highest BCUT2D eigenvalue weighted by Gasteiger charge is 2.42. The van der Waals surface area contributed by atoms with Gasteiger partial charge in [0, 0.05) is 6.54 Å². The van der Waals surface area contributed by atoms with Crippen molar-refractivity contribution >= 4 is 16.9 Å². The number of unbranched alkanes of at least 4 members (excludes halogenated alkanes) is 1. The summed E-state index contributed by atoms with van der Waals surface area (Å²) in [7, 11) is 1.60. The molecule has 6 heteroatoms. The Morgan fingerprint density at radius 2 is 1.88 bits per heavy atom. The Balaban J connectivity index is 1.80. The Bertz CT molecular complexity index is 1210. The third-order valence-corrected chi connectivity index (χ3v) is 6.08. The minimum atomic E-state index is -0.529. The number of amides is 1. The van der Waals surface area contributed by atoms with E-state index in [0.29, 0.717) is 47.1 Å². The molecule has 0 bridgehead atoms. The first kappa shape index (κ1) is 22.9. The number of fused-ring (bicyclic) bond motifs is 2. The van der Waals surface area contributed by atoms with Crippen LogP contribution < -0.4 is 14.9 Å². The van der Waals surface area contributed by atoms with Crippen LogP contribution in [0.5, 0.6) is 11.5 Å². The zero-order valence-electron chi connectivity index (χ0n) is 19.7. The lowest BCUT2D eigenvalue weighted by atomic mass is 9.98. The lowest BCUT2D eigenvalue weighted by molar-refractivity contribution is 0.0725. The van der Waals surface area contributed by atoms with Gasteiger partial charge in [-0.2, -0.15) is 0 Å². The number of carbonyl (C=O) groups is 1. The molecule has 0 unspecified atom stereocenters. The Labute approximate surface area is 194 Å². The highest BCUT2D eigenvalue weighted by atomic mass is 16.5. The molecule has 0 saturated carbocycles. The predicted octanol–water partition coefficient (Wildman–Crippen LogP) is 5.57. The molecule has 1 atom stereocenters. The molecule has 0 radical (unpaired) electrons. The quantitative estimate of drug-likeness (QED) is 0.427. The number of nitrogens with zero attached hydrogens (tertiary/aromatic N) is 1. The molecule has 1 amide bonds. The summed E-state index contributed by atoms with van der Waals surface area (Å²) in [6.07, 6.45) is 2.70. The maximum absolute atomic E-state index is 13.5. The number of carbonyl (C=O) groups excluding carboxylic acids is 1. The van der Waals surface area contributed by atoms with Gasteiger partial charge in [-0.25, -0.2) is 0 Å². The summed E-state index contributed by atoms with van der Waals surface area (Å²) in [6.45, 7) is 7.51. The van der Waals surface area contributed by atoms with E-state index in [1.807, 2.05) is 18.2 Å². The Kier molecular flexibility index (Phi) is 6.72. The number of hydrogen-bond acceptors (Lipinski definition) is 5. The van der Waals surface area contributed by atoms with Crippen LogP contribution in [0.4, 0.5) is 0 Å². The zero-order chi connectivity index (χ0) is 23.5. The summed E-state index contributed by atoms with van der Waals surface area (Å²) in [5.74, 6) is 1.66. The van der Waals surface area contributed by atoms with Gasteiger partial charge in [0.05, 0.1) is 30.7 Å². The molecule has 3 aromatic rings. The van der Waals surface area contributed by atoms with Gasteiger partial charge in [-0.15, -0.1) is 0 Å². The van der Waals surface area contributed by atoms with E-state index in [9.17, 15) is 9.59 Å². The lowest BCUT2D eigenvalue weighted by Crippen LogP contribution is -2.30. The first-order chi connectivity index (χ1) is 16.0. The molecule has 1 aromatic heterocycles. The van der Waals surface area contributed by atoms with Gasteiger partial charge in [0.1, 0.15) is 5.58 Å². The standard InChI is InChI=1S/C27H31NO5/c1-5-6-14-28-24(18-11-12-21(22(16-18)31-4)32-15-13-17(2)3)23-25(29)19-9-7-8-10-20(19)33-26(23)27(28)30/h7-12,16-17,24H,5-6,13-15H2,1-4H3/t24-/m0/s1. The van der Waals surface area contributed by atoms with E-state index in [-0.39, 0.29) is 17.1 Å². The molecule has 174 valence electrons. The molecule has 0 fully saturated rings. The van der Waals surface area contributed by atoms with Gasteiger partial charge in [0.2, 0.25) is 5.76 Å². The van der Waals surface area contributed by atoms with Gasteiger partial charge in [-0.1, -0.05) is 45.4 Å². The maximum Gasteiger partial charge on any atom is 0.290 e. The van der Waals surface area contributed by atoms with E-state index < -0.39 is 6.04 Å². The minimum Gasteiger partial charge on any atom is -0.493 e. The molecule has 0 N–H and O–H groups in total. The third-order valence-electron chi connectivity index (χ3n) is 6.08. The van der Waals surface area contributed by atoms with E-state index >= 15 is 0 Å². The van der Waals surface area contributed by atoms with Crippen molar-refractivity contribution in [2.75, 3.05) is 20.3 Å². The fraction of sp³-hybridized carbons (Fsp3) is 0.407. The van der Waals surface area contributed by atoms with Crippen LogP contribution in [0.2, 0.25) is 0 Å². The van der Waals surface area contributed by atoms with E-state index in [1.165, 1.54) is 0 Å². The highest BCUT2D eigenvalue weighted by Crippen LogP contribution is 2.41. The number of hydrogen-bond donors (Lipinski definition) is 0. The van der Waals surface area contributed by atoms with E-state index in [2.05, 4.69) is 20.8 Å². The number of benzene rings is 2. The Hall–Kier alpha value is -3.28. The largest absolute Gasteiger partial charge is 0.493 e. The molecule has 6 nitrogen and oxygen atoms in total. The molecule has 2 heterocycles. The van der Waals surface area contributed by atoms with Crippen LogP contribution in [-0.4, -0.2) is 31.1 Å². The third kappa shape index (κ3) is 4.34. The Morgan fingerprint density at radius 3 is 2.61 bits per heavy atom. The molecule has 1 aliphatic rings. The fourth-order valence-corrected chi connectivity index (χ4v) is 4.25. The SMILES string of the molecule is CCCCN1C(=O)c2oc3ccccc3c(=O)c2[C@@H]1c1ccc(OCCC(C)C)c(OC)c1. The molecule has 0 spiro atoms. The fourth-order valence-electron chi connectivity index (χ4n) is 4.25. The number of rotatable bonds is 9. The molecule has 0 saturated heterocycles. The van der Waals surface area contributed by atoms with Crippen LogP contribution in [0.15, 0.2) is 51.7 Å². The van der Waals surface area contributed by atoms with Gasteiger partial charge >= 0.3 is 0 Å². The van der Waals surface area contributed by atoms with Crippen molar-refractivity contribution in [1.82, 2.24) is 4.90 Å². The van der Waals surface area contributed by atoms with Crippen LogP contribution in [0.1, 0.15) is 67.8 Å².